The van der Waals surface area contributed by atoms with Crippen molar-refractivity contribution in [1.82, 2.24) is 5.32 Å². The van der Waals surface area contributed by atoms with Crippen molar-refractivity contribution < 1.29 is 5.48 Å². The van der Waals surface area contributed by atoms with Gasteiger partial charge in [-0.15, -0.1) is 0 Å². The summed E-state index contributed by atoms with van der Waals surface area (Å²) in [6.07, 6.45) is 19.7. The summed E-state index contributed by atoms with van der Waals surface area (Å²) in [6.45, 7) is 10.4. The van der Waals surface area contributed by atoms with Crippen molar-refractivity contribution in [3.05, 3.63) is 0 Å². The van der Waals surface area contributed by atoms with Crippen molar-refractivity contribution >= 4 is 0 Å². The van der Waals surface area contributed by atoms with Crippen LogP contribution in [-0.2, 0) is 0 Å². The van der Waals surface area contributed by atoms with Crippen molar-refractivity contribution in [2.75, 3.05) is 6.54 Å². The second-order valence-corrected chi connectivity index (χ2v) is 7.08. The first kappa shape index (κ1) is 24.2. The molecular formula is C20H45NO. The monoisotopic (exact) mass is 315 g/mol. The molecule has 0 saturated heterocycles. The standard InChI is InChI=1S/C20H43N.H2O/c1-5-8-9-10-11-12-13-14-15-16-17-18-19-21-20(4,6-2)7-3;/h21H,5-19H2,1-4H3;1H2. The van der Waals surface area contributed by atoms with E-state index in [9.17, 15) is 0 Å². The molecule has 0 rings (SSSR count). The van der Waals surface area contributed by atoms with Crippen molar-refractivity contribution in [3.8, 4) is 0 Å². The summed E-state index contributed by atoms with van der Waals surface area (Å²) in [4.78, 5) is 0. The Kier molecular flexibility index (Phi) is 19.0. The first-order valence-electron chi connectivity index (χ1n) is 9.93. The molecule has 2 heteroatoms. The first-order valence-corrected chi connectivity index (χ1v) is 9.93. The molecule has 0 aliphatic rings. The highest BCUT2D eigenvalue weighted by atomic mass is 16.0. The fourth-order valence-electron chi connectivity index (χ4n) is 2.86. The normalized spacial score (nSPS) is 11.5. The highest BCUT2D eigenvalue weighted by Gasteiger charge is 2.17. The molecule has 0 fully saturated rings. The number of hydrogen-bond donors (Lipinski definition) is 1. The Morgan fingerprint density at radius 1 is 0.591 bits per heavy atom. The van der Waals surface area contributed by atoms with Crippen LogP contribution >= 0.6 is 0 Å². The molecule has 0 bridgehead atoms. The Morgan fingerprint density at radius 3 is 1.32 bits per heavy atom. The van der Waals surface area contributed by atoms with Gasteiger partial charge in [0, 0.05) is 5.54 Å². The first-order chi connectivity index (χ1) is 10.2. The molecule has 0 aromatic heterocycles. The van der Waals surface area contributed by atoms with Gasteiger partial charge in [0.1, 0.15) is 0 Å². The molecule has 0 saturated carbocycles. The van der Waals surface area contributed by atoms with Gasteiger partial charge in [-0.3, -0.25) is 0 Å². The molecule has 0 spiro atoms. The quantitative estimate of drug-likeness (QED) is 0.347. The lowest BCUT2D eigenvalue weighted by atomic mass is 9.95. The highest BCUT2D eigenvalue weighted by Crippen LogP contribution is 2.14. The predicted octanol–water partition coefficient (Wildman–Crippen LogP) is 6.03. The molecule has 136 valence electrons. The Hall–Kier alpha value is -0.0800. The zero-order chi connectivity index (χ0) is 15.8. The molecule has 0 aromatic carbocycles. The van der Waals surface area contributed by atoms with Crippen LogP contribution in [0.15, 0.2) is 0 Å². The zero-order valence-corrected chi connectivity index (χ0v) is 16.1. The van der Waals surface area contributed by atoms with Crippen LogP contribution < -0.4 is 5.32 Å². The molecule has 22 heavy (non-hydrogen) atoms. The van der Waals surface area contributed by atoms with Crippen molar-refractivity contribution in [2.24, 2.45) is 0 Å². The van der Waals surface area contributed by atoms with Crippen molar-refractivity contribution in [1.29, 1.82) is 0 Å². The van der Waals surface area contributed by atoms with E-state index >= 15 is 0 Å². The van der Waals surface area contributed by atoms with Gasteiger partial charge in [0.25, 0.3) is 0 Å². The Balaban J connectivity index is 0. The maximum atomic E-state index is 3.73. The smallest absolute Gasteiger partial charge is 0.0148 e. The third-order valence-corrected chi connectivity index (χ3v) is 5.14. The predicted molar refractivity (Wildman–Crippen MR) is 102 cm³/mol. The molecule has 0 radical (unpaired) electrons. The van der Waals surface area contributed by atoms with Gasteiger partial charge in [-0.05, 0) is 32.7 Å². The lowest BCUT2D eigenvalue weighted by Gasteiger charge is -2.28. The van der Waals surface area contributed by atoms with Crippen LogP contribution in [0.1, 0.15) is 118 Å². The highest BCUT2D eigenvalue weighted by molar-refractivity contribution is 4.79. The molecule has 0 aliphatic heterocycles. The summed E-state index contributed by atoms with van der Waals surface area (Å²) in [5, 5.41) is 3.73. The average molecular weight is 316 g/mol. The second kappa shape index (κ2) is 17.3. The molecule has 0 amide bonds. The van der Waals surface area contributed by atoms with Crippen LogP contribution in [0.5, 0.6) is 0 Å². The van der Waals surface area contributed by atoms with E-state index in [-0.39, 0.29) is 5.48 Å². The van der Waals surface area contributed by atoms with E-state index in [1.165, 1.54) is 96.4 Å². The largest absolute Gasteiger partial charge is 0.412 e. The van der Waals surface area contributed by atoms with Gasteiger partial charge < -0.3 is 10.8 Å². The molecule has 0 heterocycles. The third kappa shape index (κ3) is 14.8. The summed E-state index contributed by atoms with van der Waals surface area (Å²) in [5.41, 5.74) is 0.373. The number of rotatable bonds is 16. The molecule has 0 aliphatic carbocycles. The van der Waals surface area contributed by atoms with Crippen LogP contribution in [0, 0.1) is 0 Å². The van der Waals surface area contributed by atoms with Crippen LogP contribution in [-0.4, -0.2) is 17.6 Å². The fraction of sp³-hybridized carbons (Fsp3) is 1.00. The molecule has 0 atom stereocenters. The van der Waals surface area contributed by atoms with E-state index in [0.29, 0.717) is 5.54 Å². The Morgan fingerprint density at radius 2 is 0.955 bits per heavy atom. The van der Waals surface area contributed by atoms with Crippen molar-refractivity contribution in [2.45, 2.75) is 123 Å². The van der Waals surface area contributed by atoms with Gasteiger partial charge in [0.2, 0.25) is 0 Å². The number of nitrogens with one attached hydrogen (secondary N) is 1. The molecule has 2 nitrogen and oxygen atoms in total. The SMILES string of the molecule is CCCCCCCCCCCCCCNC(C)(CC)CC.O. The Labute approximate surface area is 141 Å². The summed E-state index contributed by atoms with van der Waals surface area (Å²) in [5.74, 6) is 0. The summed E-state index contributed by atoms with van der Waals surface area (Å²) < 4.78 is 0. The van der Waals surface area contributed by atoms with E-state index in [0.717, 1.165) is 0 Å². The number of unbranched alkanes of at least 4 members (excludes halogenated alkanes) is 11. The van der Waals surface area contributed by atoms with Crippen LogP contribution in [0.3, 0.4) is 0 Å². The lowest BCUT2D eigenvalue weighted by molar-refractivity contribution is 0.328. The number of hydrogen-bond acceptors (Lipinski definition) is 1. The molecular weight excluding hydrogens is 270 g/mol. The van der Waals surface area contributed by atoms with E-state index in [4.69, 9.17) is 0 Å². The lowest BCUT2D eigenvalue weighted by Crippen LogP contribution is -2.41. The molecule has 0 unspecified atom stereocenters. The third-order valence-electron chi connectivity index (χ3n) is 5.14. The van der Waals surface area contributed by atoms with Gasteiger partial charge in [-0.25, -0.2) is 0 Å². The Bertz CT molecular complexity index is 202. The van der Waals surface area contributed by atoms with Gasteiger partial charge in [-0.1, -0.05) is 91.4 Å². The van der Waals surface area contributed by atoms with E-state index < -0.39 is 0 Å². The minimum absolute atomic E-state index is 0. The molecule has 0 aromatic rings. The van der Waals surface area contributed by atoms with Crippen LogP contribution in [0.2, 0.25) is 0 Å². The van der Waals surface area contributed by atoms with Gasteiger partial charge in [0.05, 0.1) is 0 Å². The zero-order valence-electron chi connectivity index (χ0n) is 16.1. The van der Waals surface area contributed by atoms with Gasteiger partial charge in [-0.2, -0.15) is 0 Å². The van der Waals surface area contributed by atoms with E-state index in [1.54, 1.807) is 0 Å². The summed E-state index contributed by atoms with van der Waals surface area (Å²) in [7, 11) is 0. The van der Waals surface area contributed by atoms with Crippen LogP contribution in [0.25, 0.3) is 0 Å². The van der Waals surface area contributed by atoms with Crippen LogP contribution in [0.4, 0.5) is 0 Å². The van der Waals surface area contributed by atoms with Gasteiger partial charge in [0.15, 0.2) is 0 Å². The van der Waals surface area contributed by atoms with E-state index in [1.807, 2.05) is 0 Å². The molecule has 3 N–H and O–H groups in total. The maximum Gasteiger partial charge on any atom is 0.0148 e. The second-order valence-electron chi connectivity index (χ2n) is 7.08. The topological polar surface area (TPSA) is 43.5 Å². The van der Waals surface area contributed by atoms with Crippen molar-refractivity contribution in [3.63, 3.8) is 0 Å². The fourth-order valence-corrected chi connectivity index (χ4v) is 2.86. The average Bonchev–Trinajstić information content (AvgIpc) is 2.51. The summed E-state index contributed by atoms with van der Waals surface area (Å²) in [6, 6.07) is 0. The van der Waals surface area contributed by atoms with E-state index in [2.05, 4.69) is 33.0 Å². The minimum Gasteiger partial charge on any atom is -0.412 e. The maximum absolute atomic E-state index is 3.73. The minimum atomic E-state index is 0. The van der Waals surface area contributed by atoms with Gasteiger partial charge >= 0.3 is 0 Å². The summed E-state index contributed by atoms with van der Waals surface area (Å²) >= 11 is 0.